The molecule has 0 radical (unpaired) electrons. The number of amides is 1. The highest BCUT2D eigenvalue weighted by Crippen LogP contribution is 2.19. The van der Waals surface area contributed by atoms with Gasteiger partial charge in [-0.15, -0.1) is 0 Å². The van der Waals surface area contributed by atoms with Crippen molar-refractivity contribution in [1.82, 2.24) is 5.32 Å². The number of nitrogens with one attached hydrogen (secondary N) is 1. The van der Waals surface area contributed by atoms with Crippen LogP contribution in [0.1, 0.15) is 27.0 Å². The normalized spacial score (nSPS) is 10.3. The summed E-state index contributed by atoms with van der Waals surface area (Å²) in [6.45, 7) is 2.97. The molecule has 0 aliphatic rings. The number of para-hydroxylation sites is 1. The van der Waals surface area contributed by atoms with Crippen LogP contribution < -0.4 is 10.1 Å². The summed E-state index contributed by atoms with van der Waals surface area (Å²) < 4.78 is 5.85. The Morgan fingerprint density at radius 2 is 1.60 bits per heavy atom. The third-order valence-corrected chi connectivity index (χ3v) is 3.90. The van der Waals surface area contributed by atoms with Crippen molar-refractivity contribution in [3.8, 4) is 5.75 Å². The van der Waals surface area contributed by atoms with Gasteiger partial charge in [-0.25, -0.2) is 0 Å². The van der Waals surface area contributed by atoms with E-state index >= 15 is 0 Å². The lowest BCUT2D eigenvalue weighted by Crippen LogP contribution is -2.23. The quantitative estimate of drug-likeness (QED) is 0.722. The summed E-state index contributed by atoms with van der Waals surface area (Å²) in [7, 11) is 0. The molecule has 0 saturated carbocycles. The molecule has 3 nitrogen and oxygen atoms in total. The Balaban J connectivity index is 1.66. The summed E-state index contributed by atoms with van der Waals surface area (Å²) in [6.07, 6.45) is 0. The second-order valence-electron chi connectivity index (χ2n) is 5.94. The largest absolute Gasteiger partial charge is 0.488 e. The number of ether oxygens (including phenoxy) is 1. The zero-order valence-electron chi connectivity index (χ0n) is 14.2. The van der Waals surface area contributed by atoms with Crippen molar-refractivity contribution < 1.29 is 9.53 Å². The highest BCUT2D eigenvalue weighted by atomic mass is 16.5. The number of benzene rings is 3. The van der Waals surface area contributed by atoms with Crippen molar-refractivity contribution in [2.75, 3.05) is 0 Å². The molecule has 0 spiro atoms. The Morgan fingerprint density at radius 3 is 2.40 bits per heavy atom. The molecule has 1 amide bonds. The average Bonchev–Trinajstić information content (AvgIpc) is 2.65. The Bertz CT molecular complexity index is 843. The van der Waals surface area contributed by atoms with Crippen molar-refractivity contribution in [1.29, 1.82) is 0 Å². The molecule has 3 heteroatoms. The highest BCUT2D eigenvalue weighted by Gasteiger charge is 2.12. The van der Waals surface area contributed by atoms with Gasteiger partial charge in [-0.2, -0.15) is 0 Å². The molecule has 0 fully saturated rings. The zero-order valence-corrected chi connectivity index (χ0v) is 14.2. The monoisotopic (exact) mass is 331 g/mol. The Hall–Kier alpha value is -3.07. The summed E-state index contributed by atoms with van der Waals surface area (Å²) in [5.74, 6) is 0.457. The minimum Gasteiger partial charge on any atom is -0.488 e. The maximum Gasteiger partial charge on any atom is 0.255 e. The fourth-order valence-electron chi connectivity index (χ4n) is 2.62. The predicted octanol–water partition coefficient (Wildman–Crippen LogP) is 4.50. The van der Waals surface area contributed by atoms with Crippen LogP contribution in [-0.2, 0) is 13.2 Å². The van der Waals surface area contributed by atoms with Crippen LogP contribution in [0.15, 0.2) is 78.9 Å². The van der Waals surface area contributed by atoms with Gasteiger partial charge in [0.05, 0.1) is 5.56 Å². The lowest BCUT2D eigenvalue weighted by molar-refractivity contribution is 0.0946. The molecule has 25 heavy (non-hydrogen) atoms. The van der Waals surface area contributed by atoms with Gasteiger partial charge in [0, 0.05) is 6.54 Å². The molecule has 1 N–H and O–H groups in total. The molecule has 0 atom stereocenters. The summed E-state index contributed by atoms with van der Waals surface area (Å²) in [4.78, 5) is 12.5. The zero-order chi connectivity index (χ0) is 17.5. The van der Waals surface area contributed by atoms with Crippen LogP contribution in [0, 0.1) is 6.92 Å². The molecule has 0 aromatic heterocycles. The first-order valence-electron chi connectivity index (χ1n) is 8.32. The van der Waals surface area contributed by atoms with Crippen LogP contribution in [0.2, 0.25) is 0 Å². The van der Waals surface area contributed by atoms with Crippen molar-refractivity contribution >= 4 is 5.91 Å². The number of rotatable bonds is 6. The van der Waals surface area contributed by atoms with E-state index in [1.807, 2.05) is 73.7 Å². The number of aryl methyl sites for hydroxylation is 1. The van der Waals surface area contributed by atoms with Gasteiger partial charge in [0.2, 0.25) is 0 Å². The first kappa shape index (κ1) is 16.8. The van der Waals surface area contributed by atoms with Gasteiger partial charge in [0.1, 0.15) is 12.4 Å². The Morgan fingerprint density at radius 1 is 0.880 bits per heavy atom. The van der Waals surface area contributed by atoms with E-state index in [9.17, 15) is 4.79 Å². The second kappa shape index (κ2) is 8.15. The molecular weight excluding hydrogens is 310 g/mol. The van der Waals surface area contributed by atoms with Gasteiger partial charge in [-0.1, -0.05) is 72.3 Å². The lowest BCUT2D eigenvalue weighted by atomic mass is 10.1. The SMILES string of the molecule is Cc1cccc(CNC(=O)c2ccccc2OCc2ccccc2)c1. The van der Waals surface area contributed by atoms with Gasteiger partial charge in [0.25, 0.3) is 5.91 Å². The first-order valence-corrected chi connectivity index (χ1v) is 8.32. The van der Waals surface area contributed by atoms with E-state index in [1.165, 1.54) is 5.56 Å². The maximum atomic E-state index is 12.5. The molecule has 3 aromatic carbocycles. The van der Waals surface area contributed by atoms with Gasteiger partial charge < -0.3 is 10.1 Å². The number of hydrogen-bond donors (Lipinski definition) is 1. The average molecular weight is 331 g/mol. The van der Waals surface area contributed by atoms with E-state index in [0.29, 0.717) is 24.5 Å². The standard InChI is InChI=1S/C22H21NO2/c1-17-8-7-11-19(14-17)15-23-22(24)20-12-5-6-13-21(20)25-16-18-9-3-2-4-10-18/h2-14H,15-16H2,1H3,(H,23,24). The van der Waals surface area contributed by atoms with Crippen LogP contribution in [0.4, 0.5) is 0 Å². The van der Waals surface area contributed by atoms with E-state index in [4.69, 9.17) is 4.74 Å². The summed E-state index contributed by atoms with van der Waals surface area (Å²) in [5.41, 5.74) is 3.87. The van der Waals surface area contributed by atoms with E-state index in [2.05, 4.69) is 11.4 Å². The number of carbonyl (C=O) groups is 1. The predicted molar refractivity (Wildman–Crippen MR) is 99.6 cm³/mol. The van der Waals surface area contributed by atoms with Gasteiger partial charge in [-0.05, 0) is 30.2 Å². The summed E-state index contributed by atoms with van der Waals surface area (Å²) in [6, 6.07) is 25.3. The fourth-order valence-corrected chi connectivity index (χ4v) is 2.62. The number of carbonyl (C=O) groups excluding carboxylic acids is 1. The minimum absolute atomic E-state index is 0.134. The topological polar surface area (TPSA) is 38.3 Å². The van der Waals surface area contributed by atoms with Gasteiger partial charge in [0.15, 0.2) is 0 Å². The molecule has 0 bridgehead atoms. The Kier molecular flexibility index (Phi) is 5.47. The molecule has 0 saturated heterocycles. The van der Waals surface area contributed by atoms with Crippen LogP contribution in [0.5, 0.6) is 5.75 Å². The van der Waals surface area contributed by atoms with E-state index in [0.717, 1.165) is 11.1 Å². The van der Waals surface area contributed by atoms with Gasteiger partial charge >= 0.3 is 0 Å². The minimum atomic E-state index is -0.134. The van der Waals surface area contributed by atoms with Crippen LogP contribution in [0.3, 0.4) is 0 Å². The molecule has 0 aliphatic carbocycles. The third kappa shape index (κ3) is 4.70. The Labute approximate surface area is 148 Å². The van der Waals surface area contributed by atoms with E-state index in [-0.39, 0.29) is 5.91 Å². The van der Waals surface area contributed by atoms with Crippen molar-refractivity contribution in [3.63, 3.8) is 0 Å². The van der Waals surface area contributed by atoms with Crippen molar-refractivity contribution in [2.24, 2.45) is 0 Å². The molecule has 0 unspecified atom stereocenters. The van der Waals surface area contributed by atoms with Crippen LogP contribution in [0.25, 0.3) is 0 Å². The molecule has 126 valence electrons. The molecule has 3 aromatic rings. The fraction of sp³-hybridized carbons (Fsp3) is 0.136. The third-order valence-electron chi connectivity index (χ3n) is 3.90. The highest BCUT2D eigenvalue weighted by molar-refractivity contribution is 5.96. The second-order valence-corrected chi connectivity index (χ2v) is 5.94. The summed E-state index contributed by atoms with van der Waals surface area (Å²) >= 11 is 0. The smallest absolute Gasteiger partial charge is 0.255 e. The van der Waals surface area contributed by atoms with Crippen molar-refractivity contribution in [2.45, 2.75) is 20.1 Å². The van der Waals surface area contributed by atoms with E-state index in [1.54, 1.807) is 6.07 Å². The lowest BCUT2D eigenvalue weighted by Gasteiger charge is -2.12. The van der Waals surface area contributed by atoms with E-state index < -0.39 is 0 Å². The maximum absolute atomic E-state index is 12.5. The molecule has 3 rings (SSSR count). The van der Waals surface area contributed by atoms with Gasteiger partial charge in [-0.3, -0.25) is 4.79 Å². The molecular formula is C22H21NO2. The first-order chi connectivity index (χ1) is 12.2. The van der Waals surface area contributed by atoms with Crippen LogP contribution in [-0.4, -0.2) is 5.91 Å². The molecule has 0 aliphatic heterocycles. The van der Waals surface area contributed by atoms with Crippen LogP contribution >= 0.6 is 0 Å². The number of hydrogen-bond acceptors (Lipinski definition) is 2. The molecule has 0 heterocycles. The summed E-state index contributed by atoms with van der Waals surface area (Å²) in [5, 5.41) is 2.96. The van der Waals surface area contributed by atoms with Crippen molar-refractivity contribution in [3.05, 3.63) is 101 Å².